The Morgan fingerprint density at radius 2 is 1.71 bits per heavy atom. The standard InChI is InChI=1S/C17H26N4O4S.2ClH/c22-17(14-20-7-5-18-6-8-20)19-13-15-3-1-2-4-16(15)26(23,24)21-9-11-25-12-10-21;;/h1-4,18H,5-14H2,(H,19,22);2*1H. The van der Waals surface area contributed by atoms with Crippen molar-refractivity contribution in [2.24, 2.45) is 0 Å². The summed E-state index contributed by atoms with van der Waals surface area (Å²) >= 11 is 0. The molecule has 28 heavy (non-hydrogen) atoms. The summed E-state index contributed by atoms with van der Waals surface area (Å²) in [6, 6.07) is 6.84. The number of rotatable bonds is 6. The molecule has 1 aromatic rings. The van der Waals surface area contributed by atoms with Crippen LogP contribution in [0.4, 0.5) is 0 Å². The molecule has 0 aromatic heterocycles. The number of sulfonamides is 1. The van der Waals surface area contributed by atoms with Crippen LogP contribution >= 0.6 is 24.8 Å². The quantitative estimate of drug-likeness (QED) is 0.631. The van der Waals surface area contributed by atoms with Crippen molar-refractivity contribution in [3.63, 3.8) is 0 Å². The first kappa shape index (κ1) is 25.1. The Morgan fingerprint density at radius 3 is 2.39 bits per heavy atom. The molecule has 2 saturated heterocycles. The normalized spacial score (nSPS) is 18.6. The zero-order valence-corrected chi connectivity index (χ0v) is 18.1. The molecule has 0 bridgehead atoms. The number of amides is 1. The summed E-state index contributed by atoms with van der Waals surface area (Å²) in [5.74, 6) is -0.0922. The van der Waals surface area contributed by atoms with Gasteiger partial charge in [0.15, 0.2) is 0 Å². The Balaban J connectivity index is 0.00000196. The minimum Gasteiger partial charge on any atom is -0.379 e. The molecule has 0 aliphatic carbocycles. The first-order chi connectivity index (χ1) is 12.6. The number of halogens is 2. The van der Waals surface area contributed by atoms with Crippen molar-refractivity contribution in [2.75, 3.05) is 59.0 Å². The minimum atomic E-state index is -3.58. The van der Waals surface area contributed by atoms with Crippen molar-refractivity contribution >= 4 is 40.7 Å². The smallest absolute Gasteiger partial charge is 0.243 e. The third-order valence-electron chi connectivity index (χ3n) is 4.61. The van der Waals surface area contributed by atoms with Crippen LogP contribution in [0.25, 0.3) is 0 Å². The van der Waals surface area contributed by atoms with E-state index in [0.29, 0.717) is 38.4 Å². The van der Waals surface area contributed by atoms with Crippen molar-refractivity contribution in [2.45, 2.75) is 11.4 Å². The van der Waals surface area contributed by atoms with E-state index in [1.54, 1.807) is 24.3 Å². The van der Waals surface area contributed by atoms with Crippen LogP contribution in [0.1, 0.15) is 5.56 Å². The van der Waals surface area contributed by atoms with E-state index in [2.05, 4.69) is 15.5 Å². The number of hydrogen-bond acceptors (Lipinski definition) is 6. The van der Waals surface area contributed by atoms with Crippen LogP contribution in [-0.4, -0.2) is 82.6 Å². The van der Waals surface area contributed by atoms with Gasteiger partial charge in [-0.3, -0.25) is 9.69 Å². The van der Waals surface area contributed by atoms with Crippen LogP contribution < -0.4 is 10.6 Å². The van der Waals surface area contributed by atoms with Gasteiger partial charge in [0.05, 0.1) is 24.7 Å². The van der Waals surface area contributed by atoms with Gasteiger partial charge in [0.1, 0.15) is 0 Å². The predicted molar refractivity (Wildman–Crippen MR) is 112 cm³/mol. The van der Waals surface area contributed by atoms with Gasteiger partial charge in [0, 0.05) is 45.8 Å². The van der Waals surface area contributed by atoms with Crippen LogP contribution in [0.3, 0.4) is 0 Å². The highest BCUT2D eigenvalue weighted by Crippen LogP contribution is 2.21. The molecule has 0 saturated carbocycles. The Labute approximate surface area is 178 Å². The van der Waals surface area contributed by atoms with E-state index < -0.39 is 10.0 Å². The summed E-state index contributed by atoms with van der Waals surface area (Å²) in [5.41, 5.74) is 0.604. The number of morpholine rings is 1. The first-order valence-electron chi connectivity index (χ1n) is 8.93. The van der Waals surface area contributed by atoms with Crippen LogP contribution in [0.2, 0.25) is 0 Å². The minimum absolute atomic E-state index is 0. The van der Waals surface area contributed by atoms with E-state index in [1.807, 2.05) is 0 Å². The second-order valence-corrected chi connectivity index (χ2v) is 8.33. The lowest BCUT2D eigenvalue weighted by molar-refractivity contribution is -0.122. The number of benzene rings is 1. The van der Waals surface area contributed by atoms with Gasteiger partial charge in [0.25, 0.3) is 0 Å². The summed E-state index contributed by atoms with van der Waals surface area (Å²) in [6.07, 6.45) is 0. The Morgan fingerprint density at radius 1 is 1.07 bits per heavy atom. The van der Waals surface area contributed by atoms with Crippen molar-refractivity contribution in [1.29, 1.82) is 0 Å². The van der Waals surface area contributed by atoms with Crippen molar-refractivity contribution in [3.05, 3.63) is 29.8 Å². The lowest BCUT2D eigenvalue weighted by Gasteiger charge is -2.27. The maximum absolute atomic E-state index is 12.9. The fourth-order valence-electron chi connectivity index (χ4n) is 3.15. The Bertz CT molecular complexity index is 724. The first-order valence-corrected chi connectivity index (χ1v) is 10.4. The number of hydrogen-bond donors (Lipinski definition) is 2. The highest BCUT2D eigenvalue weighted by atomic mass is 35.5. The molecule has 160 valence electrons. The third kappa shape index (κ3) is 6.55. The van der Waals surface area contributed by atoms with Gasteiger partial charge in [0.2, 0.25) is 15.9 Å². The molecule has 0 radical (unpaired) electrons. The summed E-state index contributed by atoms with van der Waals surface area (Å²) in [7, 11) is -3.58. The molecule has 1 amide bonds. The van der Waals surface area contributed by atoms with Crippen LogP contribution in [0.5, 0.6) is 0 Å². The van der Waals surface area contributed by atoms with Gasteiger partial charge in [-0.2, -0.15) is 4.31 Å². The van der Waals surface area contributed by atoms with E-state index in [-0.39, 0.29) is 42.2 Å². The highest BCUT2D eigenvalue weighted by molar-refractivity contribution is 7.89. The Hall–Kier alpha value is -0.940. The topological polar surface area (TPSA) is 91.0 Å². The van der Waals surface area contributed by atoms with Gasteiger partial charge in [-0.05, 0) is 11.6 Å². The molecule has 8 nitrogen and oxygen atoms in total. The SMILES string of the molecule is Cl.Cl.O=C(CN1CCNCC1)NCc1ccccc1S(=O)(=O)N1CCOCC1. The van der Waals surface area contributed by atoms with Gasteiger partial charge >= 0.3 is 0 Å². The van der Waals surface area contributed by atoms with Crippen LogP contribution in [0.15, 0.2) is 29.2 Å². The van der Waals surface area contributed by atoms with Crippen LogP contribution in [-0.2, 0) is 26.1 Å². The Kier molecular flexibility index (Phi) is 10.7. The molecule has 1 aromatic carbocycles. The molecular weight excluding hydrogens is 427 g/mol. The molecule has 2 aliphatic heterocycles. The average Bonchev–Trinajstić information content (AvgIpc) is 2.68. The highest BCUT2D eigenvalue weighted by Gasteiger charge is 2.28. The van der Waals surface area contributed by atoms with Gasteiger partial charge < -0.3 is 15.4 Å². The van der Waals surface area contributed by atoms with Crippen molar-refractivity contribution < 1.29 is 17.9 Å². The molecule has 2 fully saturated rings. The van der Waals surface area contributed by atoms with Gasteiger partial charge in [-0.15, -0.1) is 24.8 Å². The van der Waals surface area contributed by atoms with E-state index in [0.717, 1.165) is 26.2 Å². The fourth-order valence-corrected chi connectivity index (χ4v) is 4.78. The number of nitrogens with zero attached hydrogens (tertiary/aromatic N) is 2. The molecule has 0 spiro atoms. The fraction of sp³-hybridized carbons (Fsp3) is 0.588. The molecule has 0 unspecified atom stereocenters. The van der Waals surface area contributed by atoms with E-state index >= 15 is 0 Å². The van der Waals surface area contributed by atoms with Crippen molar-refractivity contribution in [3.8, 4) is 0 Å². The van der Waals surface area contributed by atoms with Gasteiger partial charge in [-0.25, -0.2) is 8.42 Å². The number of nitrogens with one attached hydrogen (secondary N) is 2. The predicted octanol–water partition coefficient (Wildman–Crippen LogP) is 0.0725. The van der Waals surface area contributed by atoms with Gasteiger partial charge in [-0.1, -0.05) is 18.2 Å². The molecule has 3 rings (SSSR count). The van der Waals surface area contributed by atoms with Crippen molar-refractivity contribution in [1.82, 2.24) is 19.8 Å². The summed E-state index contributed by atoms with van der Waals surface area (Å²) < 4.78 is 32.5. The second-order valence-electron chi connectivity index (χ2n) is 6.43. The molecule has 0 atom stereocenters. The van der Waals surface area contributed by atoms with Crippen LogP contribution in [0, 0.1) is 0 Å². The maximum atomic E-state index is 12.9. The third-order valence-corrected chi connectivity index (χ3v) is 6.61. The number of carbonyl (C=O) groups excluding carboxylic acids is 1. The van der Waals surface area contributed by atoms with E-state index in [1.165, 1.54) is 4.31 Å². The molecule has 2 heterocycles. The molecule has 11 heteroatoms. The van der Waals surface area contributed by atoms with E-state index in [9.17, 15) is 13.2 Å². The zero-order valence-electron chi connectivity index (χ0n) is 15.6. The molecule has 2 N–H and O–H groups in total. The molecule has 2 aliphatic rings. The number of ether oxygens (including phenoxy) is 1. The van der Waals surface area contributed by atoms with E-state index in [4.69, 9.17) is 4.74 Å². The second kappa shape index (κ2) is 11.9. The monoisotopic (exact) mass is 454 g/mol. The number of piperazine rings is 1. The number of carbonyl (C=O) groups is 1. The zero-order chi connectivity index (χ0) is 18.4. The summed E-state index contributed by atoms with van der Waals surface area (Å²) in [6.45, 7) is 5.50. The summed E-state index contributed by atoms with van der Waals surface area (Å²) in [5, 5.41) is 6.10. The largest absolute Gasteiger partial charge is 0.379 e. The lowest BCUT2D eigenvalue weighted by Crippen LogP contribution is -2.47. The summed E-state index contributed by atoms with van der Waals surface area (Å²) in [4.78, 5) is 14.5. The molecular formula is C17H28Cl2N4O4S. The lowest BCUT2D eigenvalue weighted by atomic mass is 10.2. The average molecular weight is 455 g/mol. The maximum Gasteiger partial charge on any atom is 0.243 e.